The molecule has 13 heteroatoms. The van der Waals surface area contributed by atoms with Crippen molar-refractivity contribution in [1.29, 1.82) is 0 Å². The molecule has 0 saturated heterocycles. The largest absolute Gasteiger partial charge is 0.468 e. The van der Waals surface area contributed by atoms with Gasteiger partial charge in [-0.2, -0.15) is 0 Å². The maximum absolute atomic E-state index is 12.0. The summed E-state index contributed by atoms with van der Waals surface area (Å²) in [6.45, 7) is 20.4. The predicted molar refractivity (Wildman–Crippen MR) is 202 cm³/mol. The molecule has 1 N–H and O–H groups in total. The molecular formula is C36H73BrN4O8. The molecular weight excluding hydrogens is 696 g/mol. The number of nitrogens with zero attached hydrogens (tertiary/aromatic N) is 3. The third kappa shape index (κ3) is 38.5. The number of rotatable bonds is 21. The van der Waals surface area contributed by atoms with Crippen molar-refractivity contribution in [2.45, 2.75) is 131 Å². The highest BCUT2D eigenvalue weighted by molar-refractivity contribution is 9.09. The van der Waals surface area contributed by atoms with Crippen LogP contribution in [0.25, 0.3) is 0 Å². The van der Waals surface area contributed by atoms with Crippen molar-refractivity contribution in [2.24, 2.45) is 0 Å². The highest BCUT2D eigenvalue weighted by Crippen LogP contribution is 2.10. The van der Waals surface area contributed by atoms with Crippen LogP contribution in [0.4, 0.5) is 9.59 Å². The molecule has 0 saturated carbocycles. The van der Waals surface area contributed by atoms with Gasteiger partial charge in [-0.15, -0.1) is 0 Å². The molecule has 0 rings (SSSR count). The number of carbonyl (C=O) groups excluding carboxylic acids is 4. The summed E-state index contributed by atoms with van der Waals surface area (Å²) in [6, 6.07) is 0. The normalized spacial score (nSPS) is 11.0. The summed E-state index contributed by atoms with van der Waals surface area (Å²) in [5.74, 6) is -0.488. The molecule has 49 heavy (non-hydrogen) atoms. The molecule has 0 fully saturated rings. The third-order valence-corrected chi connectivity index (χ3v) is 7.20. The smallest absolute Gasteiger partial charge is 0.410 e. The number of unbranched alkanes of at least 4 members (excludes halogenated alkanes) is 8. The highest BCUT2D eigenvalue weighted by Gasteiger charge is 2.21. The maximum atomic E-state index is 12.0. The van der Waals surface area contributed by atoms with Crippen molar-refractivity contribution in [3.8, 4) is 0 Å². The second kappa shape index (κ2) is 31.8. The number of halogens is 1. The van der Waals surface area contributed by atoms with Gasteiger partial charge in [-0.25, -0.2) is 9.59 Å². The molecule has 0 heterocycles. The van der Waals surface area contributed by atoms with Crippen molar-refractivity contribution < 1.29 is 38.1 Å². The zero-order chi connectivity index (χ0) is 38.3. The monoisotopic (exact) mass is 768 g/mol. The van der Waals surface area contributed by atoms with E-state index in [-0.39, 0.29) is 36.0 Å². The third-order valence-electron chi connectivity index (χ3n) is 6.74. The lowest BCUT2D eigenvalue weighted by Gasteiger charge is -2.27. The van der Waals surface area contributed by atoms with Gasteiger partial charge in [0.1, 0.15) is 16.5 Å². The van der Waals surface area contributed by atoms with E-state index in [0.29, 0.717) is 19.6 Å². The van der Waals surface area contributed by atoms with Gasteiger partial charge in [-0.1, -0.05) is 81.1 Å². The summed E-state index contributed by atoms with van der Waals surface area (Å²) in [7, 11) is 6.24. The summed E-state index contributed by atoms with van der Waals surface area (Å²) < 4.78 is 19.6. The minimum absolute atomic E-state index is 0.241. The van der Waals surface area contributed by atoms with Crippen LogP contribution in [0.15, 0.2) is 0 Å². The number of ether oxygens (including phenoxy) is 4. The Hall–Kier alpha value is -2.12. The van der Waals surface area contributed by atoms with Crippen LogP contribution in [0, 0.1) is 0 Å². The highest BCUT2D eigenvalue weighted by atomic mass is 79.9. The Kier molecular flexibility index (Phi) is 33.3. The van der Waals surface area contributed by atoms with E-state index in [1.54, 1.807) is 23.9 Å². The van der Waals surface area contributed by atoms with Crippen molar-refractivity contribution in [2.75, 3.05) is 79.5 Å². The number of hydrogen-bond donors (Lipinski definition) is 1. The van der Waals surface area contributed by atoms with E-state index < -0.39 is 11.2 Å². The average Bonchev–Trinajstić information content (AvgIpc) is 3.02. The number of methoxy groups -OCH3 is 2. The Labute approximate surface area is 307 Å². The second-order valence-corrected chi connectivity index (χ2v) is 14.5. The number of hydrogen-bond acceptors (Lipinski definition) is 10. The molecule has 2 amide bonds. The molecule has 0 spiro atoms. The van der Waals surface area contributed by atoms with Crippen molar-refractivity contribution in [1.82, 2.24) is 20.0 Å². The van der Waals surface area contributed by atoms with Crippen LogP contribution >= 0.6 is 15.9 Å². The van der Waals surface area contributed by atoms with E-state index in [0.717, 1.165) is 32.5 Å². The summed E-state index contributed by atoms with van der Waals surface area (Å²) >= 11 is 2.90. The van der Waals surface area contributed by atoms with Crippen LogP contribution in [-0.4, -0.2) is 129 Å². The van der Waals surface area contributed by atoms with Crippen molar-refractivity contribution in [3.05, 3.63) is 0 Å². The summed E-state index contributed by atoms with van der Waals surface area (Å²) in [4.78, 5) is 50.3. The Morgan fingerprint density at radius 1 is 0.592 bits per heavy atom. The van der Waals surface area contributed by atoms with E-state index in [9.17, 15) is 19.2 Å². The van der Waals surface area contributed by atoms with E-state index in [1.165, 1.54) is 65.6 Å². The van der Waals surface area contributed by atoms with Gasteiger partial charge in [-0.05, 0) is 67.5 Å². The standard InChI is InChI=1S/C18H36N2O4.C15H32N2O2.C3H5BrO2/c1-7-8-9-10-11-12-20(15-16(21)23-6)14-13-19(5)17(22)24-18(2,3)4;1-6-7-8-9-10-11-16-12-13-17(5)14(18)19-15(2,3)4;1-6-3(5)2-4/h7-15H2,1-6H3;16H,6-13H2,1-5H3;2H2,1H3. The SMILES string of the molecule is CCCCCCCN(CCN(C)C(=O)OC(C)(C)C)CC(=O)OC.CCCCCCCNCCN(C)C(=O)OC(C)(C)C.COC(=O)CBr. The van der Waals surface area contributed by atoms with E-state index in [2.05, 4.69) is 39.8 Å². The summed E-state index contributed by atoms with van der Waals surface area (Å²) in [5.41, 5.74) is -0.922. The first-order chi connectivity index (χ1) is 22.9. The molecule has 0 bridgehead atoms. The van der Waals surface area contributed by atoms with Crippen LogP contribution in [0.1, 0.15) is 120 Å². The van der Waals surface area contributed by atoms with Crippen LogP contribution in [0.3, 0.4) is 0 Å². The molecule has 12 nitrogen and oxygen atoms in total. The molecule has 0 aromatic heterocycles. The Morgan fingerprint density at radius 2 is 1.04 bits per heavy atom. The summed E-state index contributed by atoms with van der Waals surface area (Å²) in [5, 5.41) is 3.64. The Bertz CT molecular complexity index is 844. The van der Waals surface area contributed by atoms with Gasteiger partial charge < -0.3 is 34.1 Å². The van der Waals surface area contributed by atoms with Gasteiger partial charge in [0.25, 0.3) is 0 Å². The minimum Gasteiger partial charge on any atom is -0.468 e. The minimum atomic E-state index is -0.504. The van der Waals surface area contributed by atoms with Gasteiger partial charge in [0, 0.05) is 40.3 Å². The van der Waals surface area contributed by atoms with Crippen molar-refractivity contribution >= 4 is 40.1 Å². The number of nitrogens with one attached hydrogen (secondary N) is 1. The number of likely N-dealkylation sites (N-methyl/N-ethyl adjacent to an activating group) is 2. The van der Waals surface area contributed by atoms with Crippen molar-refractivity contribution in [3.63, 3.8) is 0 Å². The number of carbonyl (C=O) groups is 4. The molecule has 0 atom stereocenters. The van der Waals surface area contributed by atoms with Crippen LogP contribution in [0.2, 0.25) is 0 Å². The van der Waals surface area contributed by atoms with E-state index >= 15 is 0 Å². The fourth-order valence-electron chi connectivity index (χ4n) is 3.89. The molecule has 0 aromatic rings. The van der Waals surface area contributed by atoms with Gasteiger partial charge in [0.2, 0.25) is 0 Å². The fourth-order valence-corrected chi connectivity index (χ4v) is 4.12. The van der Waals surface area contributed by atoms with Gasteiger partial charge >= 0.3 is 24.1 Å². The molecule has 0 aliphatic carbocycles. The predicted octanol–water partition coefficient (Wildman–Crippen LogP) is 7.27. The maximum Gasteiger partial charge on any atom is 0.410 e. The molecule has 0 radical (unpaired) electrons. The van der Waals surface area contributed by atoms with Gasteiger partial charge in [0.05, 0.1) is 20.8 Å². The quantitative estimate of drug-likeness (QED) is 0.0552. The average molecular weight is 770 g/mol. The zero-order valence-corrected chi connectivity index (χ0v) is 34.8. The van der Waals surface area contributed by atoms with E-state index in [1.807, 2.05) is 46.4 Å². The zero-order valence-electron chi connectivity index (χ0n) is 33.2. The first-order valence-electron chi connectivity index (χ1n) is 17.9. The lowest BCUT2D eigenvalue weighted by Crippen LogP contribution is -2.41. The molecule has 0 aliphatic rings. The fraction of sp³-hybridized carbons (Fsp3) is 0.889. The molecule has 292 valence electrons. The lowest BCUT2D eigenvalue weighted by atomic mass is 10.1. The second-order valence-electron chi connectivity index (χ2n) is 13.9. The Morgan fingerprint density at radius 3 is 1.45 bits per heavy atom. The number of esters is 2. The molecule has 0 aromatic carbocycles. The molecule has 0 aliphatic heterocycles. The van der Waals surface area contributed by atoms with E-state index in [4.69, 9.17) is 14.2 Å². The van der Waals surface area contributed by atoms with Gasteiger partial charge in [0.15, 0.2) is 0 Å². The Balaban J connectivity index is -0.000000753. The van der Waals surface area contributed by atoms with Crippen LogP contribution in [0.5, 0.6) is 0 Å². The summed E-state index contributed by atoms with van der Waals surface area (Å²) in [6.07, 6.45) is 11.8. The van der Waals surface area contributed by atoms with Crippen LogP contribution < -0.4 is 5.32 Å². The van der Waals surface area contributed by atoms with Crippen LogP contribution in [-0.2, 0) is 28.5 Å². The first-order valence-corrected chi connectivity index (χ1v) is 19.0. The number of alkyl halides is 1. The molecule has 0 unspecified atom stereocenters. The first kappa shape index (κ1) is 51.3. The van der Waals surface area contributed by atoms with Gasteiger partial charge in [-0.3, -0.25) is 14.5 Å². The lowest BCUT2D eigenvalue weighted by molar-refractivity contribution is -0.142. The topological polar surface area (TPSA) is 127 Å². The number of amides is 2.